The average Bonchev–Trinajstić information content (AvgIpc) is 2.61. The Bertz CT molecular complexity index is 642. The van der Waals surface area contributed by atoms with Crippen LogP contribution in [0.2, 0.25) is 0 Å². The molecule has 0 bridgehead atoms. The summed E-state index contributed by atoms with van der Waals surface area (Å²) in [5.41, 5.74) is 1.20. The first-order chi connectivity index (χ1) is 11.7. The second-order valence-electron chi connectivity index (χ2n) is 6.46. The molecule has 2 aromatic carbocycles. The third-order valence-corrected chi connectivity index (χ3v) is 4.76. The Labute approximate surface area is 143 Å². The summed E-state index contributed by atoms with van der Waals surface area (Å²) < 4.78 is 24.4. The summed E-state index contributed by atoms with van der Waals surface area (Å²) in [6.07, 6.45) is 1.07. The van der Waals surface area contributed by atoms with E-state index in [1.807, 2.05) is 36.4 Å². The van der Waals surface area contributed by atoms with Gasteiger partial charge in [0.1, 0.15) is 17.3 Å². The van der Waals surface area contributed by atoms with Gasteiger partial charge in [0.25, 0.3) is 0 Å². The maximum absolute atomic E-state index is 13.2. The minimum absolute atomic E-state index is 0.183. The average molecular weight is 329 g/mol. The van der Waals surface area contributed by atoms with E-state index in [-0.39, 0.29) is 5.82 Å². The second kappa shape index (κ2) is 7.67. The van der Waals surface area contributed by atoms with E-state index in [9.17, 15) is 4.39 Å². The molecule has 3 rings (SSSR count). The van der Waals surface area contributed by atoms with E-state index in [0.717, 1.165) is 31.0 Å². The highest BCUT2D eigenvalue weighted by molar-refractivity contribution is 5.31. The number of piperidine rings is 1. The van der Waals surface area contributed by atoms with Crippen LogP contribution in [0.3, 0.4) is 0 Å². The van der Waals surface area contributed by atoms with Gasteiger partial charge in [-0.3, -0.25) is 0 Å². The van der Waals surface area contributed by atoms with E-state index in [4.69, 9.17) is 9.47 Å². The fourth-order valence-electron chi connectivity index (χ4n) is 3.41. The van der Waals surface area contributed by atoms with Crippen LogP contribution < -0.4 is 9.47 Å². The van der Waals surface area contributed by atoms with Crippen molar-refractivity contribution in [3.05, 3.63) is 59.9 Å². The molecule has 1 saturated heterocycles. The summed E-state index contributed by atoms with van der Waals surface area (Å²) >= 11 is 0. The molecular weight excluding hydrogens is 305 g/mol. The highest BCUT2D eigenvalue weighted by Crippen LogP contribution is 2.33. The molecule has 4 heteroatoms. The Balaban J connectivity index is 1.68. The topological polar surface area (TPSA) is 21.7 Å². The zero-order chi connectivity index (χ0) is 16.9. The molecule has 0 N–H and O–H groups in total. The van der Waals surface area contributed by atoms with Gasteiger partial charge in [-0.15, -0.1) is 0 Å². The molecule has 0 spiro atoms. The van der Waals surface area contributed by atoms with Gasteiger partial charge in [0.2, 0.25) is 0 Å². The van der Waals surface area contributed by atoms with Crippen LogP contribution in [0.15, 0.2) is 48.5 Å². The summed E-state index contributed by atoms with van der Waals surface area (Å²) in [5.74, 6) is 2.28. The van der Waals surface area contributed by atoms with Crippen molar-refractivity contribution in [3.63, 3.8) is 0 Å². The smallest absolute Gasteiger partial charge is 0.123 e. The van der Waals surface area contributed by atoms with Crippen molar-refractivity contribution in [3.8, 4) is 11.5 Å². The molecule has 2 atom stereocenters. The van der Waals surface area contributed by atoms with E-state index >= 15 is 0 Å². The van der Waals surface area contributed by atoms with Crippen molar-refractivity contribution in [1.29, 1.82) is 0 Å². The molecule has 1 heterocycles. The van der Waals surface area contributed by atoms with Crippen LogP contribution in [0.5, 0.6) is 11.5 Å². The van der Waals surface area contributed by atoms with E-state index in [1.54, 1.807) is 19.2 Å². The van der Waals surface area contributed by atoms with Crippen molar-refractivity contribution in [2.45, 2.75) is 12.3 Å². The van der Waals surface area contributed by atoms with Gasteiger partial charge in [0.15, 0.2) is 0 Å². The van der Waals surface area contributed by atoms with Gasteiger partial charge in [-0.05, 0) is 67.9 Å². The lowest BCUT2D eigenvalue weighted by atomic mass is 9.81. The SMILES string of the molecule is COc1ccc(OC[C@@H]2CN(C)CC[C@H]2c2ccc(F)cc2)cc1. The van der Waals surface area contributed by atoms with Crippen LogP contribution in [-0.2, 0) is 0 Å². The lowest BCUT2D eigenvalue weighted by Crippen LogP contribution is -2.39. The molecule has 128 valence electrons. The van der Waals surface area contributed by atoms with Gasteiger partial charge in [0, 0.05) is 12.5 Å². The number of hydrogen-bond donors (Lipinski definition) is 0. The normalized spacial score (nSPS) is 21.5. The Kier molecular flexibility index (Phi) is 5.36. The summed E-state index contributed by atoms with van der Waals surface area (Å²) in [4.78, 5) is 2.34. The van der Waals surface area contributed by atoms with Gasteiger partial charge in [-0.1, -0.05) is 12.1 Å². The number of benzene rings is 2. The first kappa shape index (κ1) is 16.8. The molecular formula is C20H24FNO2. The van der Waals surface area contributed by atoms with Gasteiger partial charge in [0.05, 0.1) is 13.7 Å². The van der Waals surface area contributed by atoms with Crippen LogP contribution >= 0.6 is 0 Å². The molecule has 0 aromatic heterocycles. The van der Waals surface area contributed by atoms with E-state index in [0.29, 0.717) is 18.4 Å². The maximum Gasteiger partial charge on any atom is 0.123 e. The van der Waals surface area contributed by atoms with Crippen molar-refractivity contribution in [2.24, 2.45) is 5.92 Å². The Hall–Kier alpha value is -2.07. The molecule has 24 heavy (non-hydrogen) atoms. The zero-order valence-corrected chi connectivity index (χ0v) is 14.2. The lowest BCUT2D eigenvalue weighted by molar-refractivity contribution is 0.129. The Morgan fingerprint density at radius 1 is 1.04 bits per heavy atom. The maximum atomic E-state index is 13.2. The highest BCUT2D eigenvalue weighted by atomic mass is 19.1. The van der Waals surface area contributed by atoms with Crippen LogP contribution in [0.1, 0.15) is 17.9 Å². The van der Waals surface area contributed by atoms with Crippen LogP contribution in [0, 0.1) is 11.7 Å². The fourth-order valence-corrected chi connectivity index (χ4v) is 3.41. The standard InChI is InChI=1S/C20H24FNO2/c1-22-12-11-20(15-3-5-17(21)6-4-15)16(13-22)14-24-19-9-7-18(23-2)8-10-19/h3-10,16,20H,11-14H2,1-2H3/t16-,20-/m0/s1. The Morgan fingerprint density at radius 2 is 1.71 bits per heavy atom. The number of ether oxygens (including phenoxy) is 2. The highest BCUT2D eigenvalue weighted by Gasteiger charge is 2.29. The number of rotatable bonds is 5. The van der Waals surface area contributed by atoms with Crippen LogP contribution in [-0.4, -0.2) is 38.8 Å². The summed E-state index contributed by atoms with van der Waals surface area (Å²) in [6, 6.07) is 14.6. The predicted octanol–water partition coefficient (Wildman–Crippen LogP) is 3.95. The molecule has 3 nitrogen and oxygen atoms in total. The molecule has 2 aromatic rings. The molecule has 0 saturated carbocycles. The number of hydrogen-bond acceptors (Lipinski definition) is 3. The predicted molar refractivity (Wildman–Crippen MR) is 93.2 cm³/mol. The molecule has 0 unspecified atom stereocenters. The number of likely N-dealkylation sites (tertiary alicyclic amines) is 1. The monoisotopic (exact) mass is 329 g/mol. The molecule has 1 fully saturated rings. The van der Waals surface area contributed by atoms with Gasteiger partial charge in [-0.25, -0.2) is 4.39 Å². The summed E-state index contributed by atoms with van der Waals surface area (Å²) in [6.45, 7) is 2.69. The minimum Gasteiger partial charge on any atom is -0.497 e. The van der Waals surface area contributed by atoms with Crippen LogP contribution in [0.25, 0.3) is 0 Å². The van der Waals surface area contributed by atoms with Crippen molar-refractivity contribution >= 4 is 0 Å². The second-order valence-corrected chi connectivity index (χ2v) is 6.46. The zero-order valence-electron chi connectivity index (χ0n) is 14.2. The first-order valence-corrected chi connectivity index (χ1v) is 8.36. The van der Waals surface area contributed by atoms with Crippen LogP contribution in [0.4, 0.5) is 4.39 Å². The van der Waals surface area contributed by atoms with E-state index in [1.165, 1.54) is 5.56 Å². The fraction of sp³-hybridized carbons (Fsp3) is 0.400. The lowest BCUT2D eigenvalue weighted by Gasteiger charge is -2.37. The van der Waals surface area contributed by atoms with Gasteiger partial charge >= 0.3 is 0 Å². The van der Waals surface area contributed by atoms with Gasteiger partial charge < -0.3 is 14.4 Å². The third-order valence-electron chi connectivity index (χ3n) is 4.76. The van der Waals surface area contributed by atoms with Crippen molar-refractivity contribution in [1.82, 2.24) is 4.90 Å². The molecule has 0 radical (unpaired) electrons. The third kappa shape index (κ3) is 4.06. The van der Waals surface area contributed by atoms with E-state index in [2.05, 4.69) is 11.9 Å². The summed E-state index contributed by atoms with van der Waals surface area (Å²) in [7, 11) is 3.79. The van der Waals surface area contributed by atoms with Gasteiger partial charge in [-0.2, -0.15) is 0 Å². The molecule has 0 aliphatic carbocycles. The largest absolute Gasteiger partial charge is 0.497 e. The Morgan fingerprint density at radius 3 is 2.38 bits per heavy atom. The molecule has 1 aliphatic rings. The van der Waals surface area contributed by atoms with Crippen molar-refractivity contribution < 1.29 is 13.9 Å². The number of methoxy groups -OCH3 is 1. The summed E-state index contributed by atoms with van der Waals surface area (Å²) in [5, 5.41) is 0. The molecule has 0 amide bonds. The van der Waals surface area contributed by atoms with Crippen molar-refractivity contribution in [2.75, 3.05) is 33.9 Å². The number of halogens is 1. The molecule has 1 aliphatic heterocycles. The number of nitrogens with zero attached hydrogens (tertiary/aromatic N) is 1. The quantitative estimate of drug-likeness (QED) is 0.829. The minimum atomic E-state index is -0.183. The van der Waals surface area contributed by atoms with E-state index < -0.39 is 0 Å². The first-order valence-electron chi connectivity index (χ1n) is 8.36.